The number of aromatic nitrogens is 2. The molecule has 21 heavy (non-hydrogen) atoms. The van der Waals surface area contributed by atoms with Gasteiger partial charge in [0.15, 0.2) is 0 Å². The van der Waals surface area contributed by atoms with Crippen molar-refractivity contribution in [2.75, 3.05) is 0 Å². The minimum atomic E-state index is -0.354. The molecule has 0 spiro atoms. The minimum absolute atomic E-state index is 0.150. The third-order valence-corrected chi connectivity index (χ3v) is 4.13. The highest BCUT2D eigenvalue weighted by atomic mass is 79.9. The third kappa shape index (κ3) is 2.91. The lowest BCUT2D eigenvalue weighted by Gasteiger charge is -2.08. The molecule has 1 heterocycles. The van der Waals surface area contributed by atoms with Gasteiger partial charge in [0.2, 0.25) is 0 Å². The van der Waals surface area contributed by atoms with Crippen LogP contribution in [0.2, 0.25) is 0 Å². The molecule has 0 unspecified atom stereocenters. The van der Waals surface area contributed by atoms with Crippen molar-refractivity contribution in [2.24, 2.45) is 0 Å². The van der Waals surface area contributed by atoms with Crippen molar-refractivity contribution in [3.8, 4) is 0 Å². The first-order chi connectivity index (χ1) is 10.0. The monoisotopic (exact) mass is 410 g/mol. The molecule has 0 saturated heterocycles. The van der Waals surface area contributed by atoms with E-state index in [1.165, 1.54) is 17.0 Å². The lowest BCUT2D eigenvalue weighted by atomic mass is 10.2. The third-order valence-electron chi connectivity index (χ3n) is 3.14. The maximum absolute atomic E-state index is 13.9. The minimum Gasteiger partial charge on any atom is -0.294 e. The molecule has 0 amide bonds. The van der Waals surface area contributed by atoms with Gasteiger partial charge in [-0.1, -0.05) is 37.9 Å². The van der Waals surface area contributed by atoms with E-state index in [9.17, 15) is 9.18 Å². The van der Waals surface area contributed by atoms with E-state index in [2.05, 4.69) is 36.8 Å². The average Bonchev–Trinajstić information content (AvgIpc) is 2.44. The number of hydrogen-bond acceptors (Lipinski definition) is 2. The topological polar surface area (TPSA) is 34.9 Å². The van der Waals surface area contributed by atoms with Gasteiger partial charge in [-0.15, -0.1) is 0 Å². The van der Waals surface area contributed by atoms with Crippen molar-refractivity contribution < 1.29 is 4.39 Å². The Hall–Kier alpha value is -1.53. The zero-order valence-corrected chi connectivity index (χ0v) is 13.9. The van der Waals surface area contributed by atoms with Crippen LogP contribution in [0.15, 0.2) is 56.5 Å². The molecule has 0 fully saturated rings. The van der Waals surface area contributed by atoms with Crippen LogP contribution in [0, 0.1) is 5.82 Å². The number of fused-ring (bicyclic) bond motifs is 1. The van der Waals surface area contributed by atoms with Gasteiger partial charge in [-0.2, -0.15) is 0 Å². The van der Waals surface area contributed by atoms with Crippen LogP contribution in [-0.2, 0) is 6.54 Å². The highest BCUT2D eigenvalue weighted by Crippen LogP contribution is 2.17. The van der Waals surface area contributed by atoms with Gasteiger partial charge in [-0.25, -0.2) is 9.37 Å². The molecular weight excluding hydrogens is 403 g/mol. The highest BCUT2D eigenvalue weighted by molar-refractivity contribution is 9.10. The number of rotatable bonds is 2. The summed E-state index contributed by atoms with van der Waals surface area (Å²) in [5, 5.41) is 0.512. The van der Waals surface area contributed by atoms with Crippen molar-refractivity contribution in [3.63, 3.8) is 0 Å². The van der Waals surface area contributed by atoms with Crippen molar-refractivity contribution in [1.29, 1.82) is 0 Å². The Morgan fingerprint density at radius 1 is 1.10 bits per heavy atom. The quantitative estimate of drug-likeness (QED) is 0.636. The van der Waals surface area contributed by atoms with E-state index >= 15 is 0 Å². The Kier molecular flexibility index (Phi) is 3.91. The molecule has 0 aliphatic rings. The molecule has 0 saturated carbocycles. The highest BCUT2D eigenvalue weighted by Gasteiger charge is 2.08. The lowest BCUT2D eigenvalue weighted by Crippen LogP contribution is -2.21. The van der Waals surface area contributed by atoms with Gasteiger partial charge in [-0.3, -0.25) is 9.36 Å². The van der Waals surface area contributed by atoms with E-state index < -0.39 is 0 Å². The van der Waals surface area contributed by atoms with Crippen molar-refractivity contribution in [2.45, 2.75) is 6.54 Å². The van der Waals surface area contributed by atoms with Gasteiger partial charge in [0.1, 0.15) is 5.82 Å². The van der Waals surface area contributed by atoms with E-state index in [1.807, 2.05) is 0 Å². The molecule has 1 aromatic heterocycles. The summed E-state index contributed by atoms with van der Waals surface area (Å²) in [6, 6.07) is 10.1. The van der Waals surface area contributed by atoms with Gasteiger partial charge < -0.3 is 0 Å². The van der Waals surface area contributed by atoms with Crippen LogP contribution in [-0.4, -0.2) is 9.55 Å². The molecule has 0 radical (unpaired) electrons. The summed E-state index contributed by atoms with van der Waals surface area (Å²) in [5.74, 6) is -0.354. The number of halogens is 3. The smallest absolute Gasteiger partial charge is 0.261 e. The van der Waals surface area contributed by atoms with E-state index in [0.29, 0.717) is 20.9 Å². The van der Waals surface area contributed by atoms with Gasteiger partial charge in [0.05, 0.1) is 23.8 Å². The van der Waals surface area contributed by atoms with E-state index in [4.69, 9.17) is 0 Å². The summed E-state index contributed by atoms with van der Waals surface area (Å²) in [5.41, 5.74) is 0.871. The molecule has 2 aromatic carbocycles. The number of benzene rings is 2. The Morgan fingerprint density at radius 3 is 2.57 bits per heavy atom. The van der Waals surface area contributed by atoms with E-state index in [1.54, 1.807) is 30.3 Å². The normalized spacial score (nSPS) is 11.0. The Labute approximate surface area is 136 Å². The van der Waals surface area contributed by atoms with E-state index in [-0.39, 0.29) is 17.9 Å². The fraction of sp³-hybridized carbons (Fsp3) is 0.0667. The molecule has 0 atom stereocenters. The SMILES string of the molecule is O=c1c2ccc(Br)cc2ncn1Cc1ccc(Br)cc1F. The predicted octanol–water partition coefficient (Wildman–Crippen LogP) is 4.11. The zero-order chi connectivity index (χ0) is 15.0. The number of hydrogen-bond donors (Lipinski definition) is 0. The fourth-order valence-corrected chi connectivity index (χ4v) is 2.76. The van der Waals surface area contributed by atoms with Crippen molar-refractivity contribution in [1.82, 2.24) is 9.55 Å². The second-order valence-corrected chi connectivity index (χ2v) is 6.41. The Bertz CT molecular complexity index is 892. The number of nitrogens with zero attached hydrogens (tertiary/aromatic N) is 2. The second kappa shape index (κ2) is 5.69. The van der Waals surface area contributed by atoms with Crippen LogP contribution in [0.25, 0.3) is 10.9 Å². The summed E-state index contributed by atoms with van der Waals surface area (Å²) in [6.45, 7) is 0.150. The van der Waals surface area contributed by atoms with Gasteiger partial charge in [0, 0.05) is 14.5 Å². The summed E-state index contributed by atoms with van der Waals surface area (Å²) in [7, 11) is 0. The van der Waals surface area contributed by atoms with Gasteiger partial charge >= 0.3 is 0 Å². The van der Waals surface area contributed by atoms with Gasteiger partial charge in [0.25, 0.3) is 5.56 Å². The van der Waals surface area contributed by atoms with Crippen LogP contribution in [0.5, 0.6) is 0 Å². The molecule has 3 rings (SSSR count). The van der Waals surface area contributed by atoms with Crippen LogP contribution in [0.1, 0.15) is 5.56 Å². The maximum atomic E-state index is 13.9. The first-order valence-electron chi connectivity index (χ1n) is 6.13. The maximum Gasteiger partial charge on any atom is 0.261 e. The summed E-state index contributed by atoms with van der Waals surface area (Å²) < 4.78 is 16.8. The molecule has 0 bridgehead atoms. The first kappa shape index (κ1) is 14.4. The largest absolute Gasteiger partial charge is 0.294 e. The molecular formula is C15H9Br2FN2O. The molecule has 6 heteroatoms. The van der Waals surface area contributed by atoms with Crippen LogP contribution in [0.3, 0.4) is 0 Å². The summed E-state index contributed by atoms with van der Waals surface area (Å²) in [6.07, 6.45) is 1.44. The fourth-order valence-electron chi connectivity index (χ4n) is 2.08. The molecule has 0 aliphatic heterocycles. The summed E-state index contributed by atoms with van der Waals surface area (Å²) in [4.78, 5) is 16.6. The molecule has 106 valence electrons. The average molecular weight is 412 g/mol. The van der Waals surface area contributed by atoms with Crippen molar-refractivity contribution in [3.05, 3.63) is 73.4 Å². The predicted molar refractivity (Wildman–Crippen MR) is 86.9 cm³/mol. The van der Waals surface area contributed by atoms with Crippen LogP contribution < -0.4 is 5.56 Å². The Balaban J connectivity index is 2.07. The standard InChI is InChI=1S/C15H9Br2FN2O/c16-10-2-1-9(13(18)5-10)7-20-8-19-14-6-11(17)3-4-12(14)15(20)21/h1-6,8H,7H2. The van der Waals surface area contributed by atoms with Crippen molar-refractivity contribution >= 4 is 42.8 Å². The molecule has 3 nitrogen and oxygen atoms in total. The summed E-state index contributed by atoms with van der Waals surface area (Å²) >= 11 is 6.55. The second-order valence-electron chi connectivity index (χ2n) is 4.57. The first-order valence-corrected chi connectivity index (χ1v) is 7.72. The molecule has 0 N–H and O–H groups in total. The van der Waals surface area contributed by atoms with E-state index in [0.717, 1.165) is 4.47 Å². The molecule has 0 aliphatic carbocycles. The van der Waals surface area contributed by atoms with Crippen LogP contribution >= 0.6 is 31.9 Å². The van der Waals surface area contributed by atoms with Crippen LogP contribution in [0.4, 0.5) is 4.39 Å². The van der Waals surface area contributed by atoms with Gasteiger partial charge in [-0.05, 0) is 30.3 Å². The lowest BCUT2D eigenvalue weighted by molar-refractivity contribution is 0.594. The molecule has 3 aromatic rings. The zero-order valence-electron chi connectivity index (χ0n) is 10.7. The Morgan fingerprint density at radius 2 is 1.81 bits per heavy atom.